The number of nitrogens with one attached hydrogen (secondary N) is 2. The van der Waals surface area contributed by atoms with E-state index in [9.17, 15) is 4.79 Å². The van der Waals surface area contributed by atoms with Crippen LogP contribution in [0.4, 0.5) is 0 Å². The number of nitrogens with zero attached hydrogens (tertiary/aromatic N) is 1. The van der Waals surface area contributed by atoms with Crippen molar-refractivity contribution in [2.45, 2.75) is 6.42 Å². The van der Waals surface area contributed by atoms with Crippen LogP contribution in [0.3, 0.4) is 0 Å². The van der Waals surface area contributed by atoms with Crippen LogP contribution in [0.15, 0.2) is 58.7 Å². The number of furan rings is 1. The zero-order valence-electron chi connectivity index (χ0n) is 12.8. The van der Waals surface area contributed by atoms with Crippen LogP contribution >= 0.6 is 11.3 Å². The zero-order valence-corrected chi connectivity index (χ0v) is 13.6. The first kappa shape index (κ1) is 14.7. The lowest BCUT2D eigenvalue weighted by Gasteiger charge is -2.02. The summed E-state index contributed by atoms with van der Waals surface area (Å²) in [6, 6.07) is 11.8. The Morgan fingerprint density at radius 2 is 2.17 bits per heavy atom. The molecule has 0 unspecified atom stereocenters. The van der Waals surface area contributed by atoms with Crippen LogP contribution in [-0.4, -0.2) is 22.4 Å². The molecule has 0 aliphatic heterocycles. The summed E-state index contributed by atoms with van der Waals surface area (Å²) in [6.07, 6.45) is 4.36. The fourth-order valence-electron chi connectivity index (χ4n) is 2.63. The second-order valence-electron chi connectivity index (χ2n) is 5.38. The molecule has 0 saturated heterocycles. The molecule has 0 fully saturated rings. The SMILES string of the molecule is O=C(NCCc1c[nH]c2ccccc12)c1csc(-c2ccco2)n1. The third-order valence-corrected chi connectivity index (χ3v) is 4.68. The highest BCUT2D eigenvalue weighted by Crippen LogP contribution is 2.24. The van der Waals surface area contributed by atoms with Crippen molar-refractivity contribution in [3.63, 3.8) is 0 Å². The van der Waals surface area contributed by atoms with Crippen molar-refractivity contribution in [1.82, 2.24) is 15.3 Å². The number of aromatic amines is 1. The monoisotopic (exact) mass is 337 g/mol. The molecule has 0 aliphatic rings. The van der Waals surface area contributed by atoms with Crippen molar-refractivity contribution < 1.29 is 9.21 Å². The van der Waals surface area contributed by atoms with Crippen LogP contribution in [0, 0.1) is 0 Å². The lowest BCUT2D eigenvalue weighted by Crippen LogP contribution is -2.25. The molecule has 0 bridgehead atoms. The molecule has 2 N–H and O–H groups in total. The van der Waals surface area contributed by atoms with Gasteiger partial charge in [-0.1, -0.05) is 18.2 Å². The first-order chi connectivity index (χ1) is 11.8. The molecule has 6 heteroatoms. The predicted octanol–water partition coefficient (Wildman–Crippen LogP) is 3.86. The van der Waals surface area contributed by atoms with E-state index in [-0.39, 0.29) is 5.91 Å². The molecule has 3 heterocycles. The number of amides is 1. The number of H-pyrrole nitrogens is 1. The molecule has 0 atom stereocenters. The maximum absolute atomic E-state index is 12.2. The highest BCUT2D eigenvalue weighted by atomic mass is 32.1. The van der Waals surface area contributed by atoms with Gasteiger partial charge in [-0.2, -0.15) is 0 Å². The van der Waals surface area contributed by atoms with Gasteiger partial charge in [-0.25, -0.2) is 4.98 Å². The molecule has 3 aromatic heterocycles. The lowest BCUT2D eigenvalue weighted by molar-refractivity contribution is 0.0950. The summed E-state index contributed by atoms with van der Waals surface area (Å²) in [6.45, 7) is 0.564. The summed E-state index contributed by atoms with van der Waals surface area (Å²) in [5.74, 6) is 0.515. The third kappa shape index (κ3) is 2.83. The van der Waals surface area contributed by atoms with Crippen LogP contribution < -0.4 is 5.32 Å². The number of carbonyl (C=O) groups excluding carboxylic acids is 1. The second-order valence-corrected chi connectivity index (χ2v) is 6.24. The minimum absolute atomic E-state index is 0.163. The van der Waals surface area contributed by atoms with Crippen molar-refractivity contribution in [3.05, 3.63) is 65.5 Å². The predicted molar refractivity (Wildman–Crippen MR) is 94.2 cm³/mol. The Hall–Kier alpha value is -2.86. The molecule has 4 rings (SSSR count). The summed E-state index contributed by atoms with van der Waals surface area (Å²) in [5, 5.41) is 6.58. The van der Waals surface area contributed by atoms with Crippen LogP contribution in [0.1, 0.15) is 16.1 Å². The third-order valence-electron chi connectivity index (χ3n) is 3.82. The van der Waals surface area contributed by atoms with Crippen LogP contribution in [0.2, 0.25) is 0 Å². The summed E-state index contributed by atoms with van der Waals surface area (Å²) in [4.78, 5) is 19.8. The number of hydrogen-bond donors (Lipinski definition) is 2. The highest BCUT2D eigenvalue weighted by Gasteiger charge is 2.13. The van der Waals surface area contributed by atoms with Crippen LogP contribution in [0.5, 0.6) is 0 Å². The maximum atomic E-state index is 12.2. The fraction of sp³-hybridized carbons (Fsp3) is 0.111. The molecular weight excluding hydrogens is 322 g/mol. The molecule has 120 valence electrons. The van der Waals surface area contributed by atoms with E-state index in [4.69, 9.17) is 4.42 Å². The van der Waals surface area contributed by atoms with E-state index in [0.29, 0.717) is 23.0 Å². The van der Waals surface area contributed by atoms with E-state index in [1.54, 1.807) is 17.7 Å². The average molecular weight is 337 g/mol. The van der Waals surface area contributed by atoms with Gasteiger partial charge in [0.15, 0.2) is 10.8 Å². The molecule has 4 aromatic rings. The molecule has 24 heavy (non-hydrogen) atoms. The van der Waals surface area contributed by atoms with E-state index in [2.05, 4.69) is 21.4 Å². The normalized spacial score (nSPS) is 11.0. The van der Waals surface area contributed by atoms with Gasteiger partial charge in [-0.05, 0) is 30.2 Å². The number of carbonyl (C=O) groups is 1. The Morgan fingerprint density at radius 1 is 1.25 bits per heavy atom. The first-order valence-electron chi connectivity index (χ1n) is 7.64. The number of thiazole rings is 1. The smallest absolute Gasteiger partial charge is 0.270 e. The molecule has 0 aliphatic carbocycles. The molecule has 0 spiro atoms. The van der Waals surface area contributed by atoms with E-state index >= 15 is 0 Å². The number of aromatic nitrogens is 2. The van der Waals surface area contributed by atoms with Gasteiger partial charge < -0.3 is 14.7 Å². The maximum Gasteiger partial charge on any atom is 0.270 e. The number of benzene rings is 1. The van der Waals surface area contributed by atoms with Gasteiger partial charge in [0.25, 0.3) is 5.91 Å². The van der Waals surface area contributed by atoms with Gasteiger partial charge in [-0.3, -0.25) is 4.79 Å². The van der Waals surface area contributed by atoms with Crippen molar-refractivity contribution in [2.24, 2.45) is 0 Å². The summed E-state index contributed by atoms with van der Waals surface area (Å²) >= 11 is 1.40. The molecule has 1 aromatic carbocycles. The minimum atomic E-state index is -0.163. The summed E-state index contributed by atoms with van der Waals surface area (Å²) < 4.78 is 5.30. The highest BCUT2D eigenvalue weighted by molar-refractivity contribution is 7.13. The Morgan fingerprint density at radius 3 is 3.04 bits per heavy atom. The van der Waals surface area contributed by atoms with Crippen LogP contribution in [-0.2, 0) is 6.42 Å². The van der Waals surface area contributed by atoms with Gasteiger partial charge in [-0.15, -0.1) is 11.3 Å². The number of hydrogen-bond acceptors (Lipinski definition) is 4. The molecule has 5 nitrogen and oxygen atoms in total. The van der Waals surface area contributed by atoms with Crippen molar-refractivity contribution in [1.29, 1.82) is 0 Å². The average Bonchev–Trinajstić information content (AvgIpc) is 3.35. The van der Waals surface area contributed by atoms with Gasteiger partial charge >= 0.3 is 0 Å². The van der Waals surface area contributed by atoms with Gasteiger partial charge in [0.1, 0.15) is 5.69 Å². The summed E-state index contributed by atoms with van der Waals surface area (Å²) in [5.41, 5.74) is 2.73. The largest absolute Gasteiger partial charge is 0.462 e. The molecule has 0 radical (unpaired) electrons. The zero-order chi connectivity index (χ0) is 16.4. The van der Waals surface area contributed by atoms with Gasteiger partial charge in [0.2, 0.25) is 0 Å². The minimum Gasteiger partial charge on any atom is -0.462 e. The lowest BCUT2D eigenvalue weighted by atomic mass is 10.1. The first-order valence-corrected chi connectivity index (χ1v) is 8.52. The number of para-hydroxylation sites is 1. The van der Waals surface area contributed by atoms with Gasteiger partial charge in [0.05, 0.1) is 6.26 Å². The van der Waals surface area contributed by atoms with E-state index in [1.807, 2.05) is 30.5 Å². The number of fused-ring (bicyclic) bond motifs is 1. The van der Waals surface area contributed by atoms with E-state index in [0.717, 1.165) is 11.9 Å². The fourth-order valence-corrected chi connectivity index (χ4v) is 3.40. The quantitative estimate of drug-likeness (QED) is 0.581. The molecule has 0 saturated carbocycles. The standard InChI is InChI=1S/C18H15N3O2S/c22-17(15-11-24-18(21-15)16-6-3-9-23-16)19-8-7-12-10-20-14-5-2-1-4-13(12)14/h1-6,9-11,20H,7-8H2,(H,19,22). The Bertz CT molecular complexity index is 969. The Labute approximate surface area is 142 Å². The van der Waals surface area contributed by atoms with E-state index in [1.165, 1.54) is 22.3 Å². The van der Waals surface area contributed by atoms with E-state index < -0.39 is 0 Å². The van der Waals surface area contributed by atoms with Crippen molar-refractivity contribution in [2.75, 3.05) is 6.54 Å². The van der Waals surface area contributed by atoms with Gasteiger partial charge in [0, 0.05) is 29.0 Å². The molecule has 1 amide bonds. The van der Waals surface area contributed by atoms with Crippen molar-refractivity contribution >= 4 is 28.1 Å². The topological polar surface area (TPSA) is 70.9 Å². The van der Waals surface area contributed by atoms with Crippen LogP contribution in [0.25, 0.3) is 21.7 Å². The summed E-state index contributed by atoms with van der Waals surface area (Å²) in [7, 11) is 0. The van der Waals surface area contributed by atoms with Crippen molar-refractivity contribution in [3.8, 4) is 10.8 Å². The Balaban J connectivity index is 1.38. The molecular formula is C18H15N3O2S. The number of rotatable bonds is 5. The second kappa shape index (κ2) is 6.33. The Kier molecular flexibility index (Phi) is 3.88.